The van der Waals surface area contributed by atoms with Gasteiger partial charge in [0.2, 0.25) is 5.91 Å². The number of hydrogen-bond donors (Lipinski definition) is 4. The van der Waals surface area contributed by atoms with Gasteiger partial charge in [-0.3, -0.25) is 14.7 Å². The van der Waals surface area contributed by atoms with Crippen LogP contribution in [-0.2, 0) is 4.79 Å². The van der Waals surface area contributed by atoms with Gasteiger partial charge >= 0.3 is 0 Å². The highest BCUT2D eigenvalue weighted by Gasteiger charge is 2.30. The fourth-order valence-electron chi connectivity index (χ4n) is 1.99. The number of anilines is 1. The molecular weight excluding hydrogens is 258 g/mol. The molecule has 7 heteroatoms. The minimum absolute atomic E-state index is 0.0889. The quantitative estimate of drug-likeness (QED) is 0.607. The predicted molar refractivity (Wildman–Crippen MR) is 75.2 cm³/mol. The largest absolute Gasteiger partial charge is 0.395 e. The number of aromatic nitrogens is 2. The molecular formula is C13H21N5O2. The maximum Gasteiger partial charge on any atom is 0.273 e. The first-order valence-electron chi connectivity index (χ1n) is 6.90. The number of carbonyl (C=O) groups is 2. The fraction of sp³-hybridized carbons (Fsp3) is 0.615. The first-order chi connectivity index (χ1) is 9.49. The average molecular weight is 279 g/mol. The zero-order chi connectivity index (χ0) is 14.7. The molecule has 0 radical (unpaired) electrons. The van der Waals surface area contributed by atoms with E-state index >= 15 is 0 Å². The van der Waals surface area contributed by atoms with Crippen molar-refractivity contribution in [1.29, 1.82) is 0 Å². The summed E-state index contributed by atoms with van der Waals surface area (Å²) in [5, 5.41) is 12.2. The molecule has 1 aromatic heterocycles. The normalized spacial score (nSPS) is 14.3. The molecule has 0 saturated heterocycles. The Morgan fingerprint density at radius 3 is 2.75 bits per heavy atom. The Labute approximate surface area is 117 Å². The summed E-state index contributed by atoms with van der Waals surface area (Å²) in [7, 11) is 0. The molecule has 1 heterocycles. The minimum Gasteiger partial charge on any atom is -0.395 e. The third-order valence-corrected chi connectivity index (χ3v) is 3.12. The maximum absolute atomic E-state index is 11.9. The van der Waals surface area contributed by atoms with E-state index < -0.39 is 0 Å². The van der Waals surface area contributed by atoms with Crippen LogP contribution in [0.25, 0.3) is 0 Å². The molecule has 1 fully saturated rings. The Kier molecular flexibility index (Phi) is 4.26. The molecule has 1 aliphatic rings. The summed E-state index contributed by atoms with van der Waals surface area (Å²) in [6, 6.07) is 0.0984. The van der Waals surface area contributed by atoms with E-state index in [-0.39, 0.29) is 36.5 Å². The SMILES string of the molecule is CC(C)NC(=O)CCNC(=O)c1n[nH]c(C2CC2)c1N. The summed E-state index contributed by atoms with van der Waals surface area (Å²) >= 11 is 0. The van der Waals surface area contributed by atoms with Crippen LogP contribution in [0.4, 0.5) is 5.69 Å². The van der Waals surface area contributed by atoms with Crippen LogP contribution in [0.1, 0.15) is 55.2 Å². The number of H-pyrrole nitrogens is 1. The van der Waals surface area contributed by atoms with Gasteiger partial charge < -0.3 is 16.4 Å². The molecule has 0 atom stereocenters. The highest BCUT2D eigenvalue weighted by atomic mass is 16.2. The van der Waals surface area contributed by atoms with E-state index in [1.807, 2.05) is 13.8 Å². The molecule has 1 aliphatic carbocycles. The molecule has 2 amide bonds. The fourth-order valence-corrected chi connectivity index (χ4v) is 1.99. The van der Waals surface area contributed by atoms with Crippen molar-refractivity contribution in [3.63, 3.8) is 0 Å². The van der Waals surface area contributed by atoms with Crippen molar-refractivity contribution in [1.82, 2.24) is 20.8 Å². The second-order valence-corrected chi connectivity index (χ2v) is 5.40. The molecule has 20 heavy (non-hydrogen) atoms. The van der Waals surface area contributed by atoms with Crippen LogP contribution in [0.15, 0.2) is 0 Å². The van der Waals surface area contributed by atoms with Crippen LogP contribution in [0, 0.1) is 0 Å². The van der Waals surface area contributed by atoms with Crippen LogP contribution >= 0.6 is 0 Å². The van der Waals surface area contributed by atoms with E-state index in [0.717, 1.165) is 18.5 Å². The lowest BCUT2D eigenvalue weighted by atomic mass is 10.2. The van der Waals surface area contributed by atoms with Gasteiger partial charge in [-0.1, -0.05) is 0 Å². The summed E-state index contributed by atoms with van der Waals surface area (Å²) in [4.78, 5) is 23.4. The molecule has 0 aromatic carbocycles. The molecule has 7 nitrogen and oxygen atoms in total. The van der Waals surface area contributed by atoms with Gasteiger partial charge in [0, 0.05) is 24.9 Å². The Morgan fingerprint density at radius 1 is 1.45 bits per heavy atom. The van der Waals surface area contributed by atoms with Gasteiger partial charge in [-0.2, -0.15) is 5.10 Å². The van der Waals surface area contributed by atoms with Crippen LogP contribution in [0.2, 0.25) is 0 Å². The lowest BCUT2D eigenvalue weighted by Gasteiger charge is -2.08. The van der Waals surface area contributed by atoms with Gasteiger partial charge in [-0.05, 0) is 26.7 Å². The van der Waals surface area contributed by atoms with E-state index in [9.17, 15) is 9.59 Å². The number of nitrogen functional groups attached to an aromatic ring is 1. The first-order valence-corrected chi connectivity index (χ1v) is 6.90. The van der Waals surface area contributed by atoms with Crippen molar-refractivity contribution in [3.8, 4) is 0 Å². The maximum atomic E-state index is 11.9. The zero-order valence-corrected chi connectivity index (χ0v) is 11.8. The molecule has 0 spiro atoms. The molecule has 0 unspecified atom stereocenters. The summed E-state index contributed by atoms with van der Waals surface area (Å²) in [5.41, 5.74) is 7.41. The Bertz CT molecular complexity index is 505. The van der Waals surface area contributed by atoms with Gasteiger partial charge in [0.05, 0.1) is 11.4 Å². The van der Waals surface area contributed by atoms with Gasteiger partial charge in [0.1, 0.15) is 0 Å². The summed E-state index contributed by atoms with van der Waals surface area (Å²) in [5.74, 6) is -0.0159. The summed E-state index contributed by atoms with van der Waals surface area (Å²) in [6.07, 6.45) is 2.41. The molecule has 1 aromatic rings. The number of carbonyl (C=O) groups excluding carboxylic acids is 2. The van der Waals surface area contributed by atoms with E-state index in [2.05, 4.69) is 20.8 Å². The number of nitrogens with one attached hydrogen (secondary N) is 3. The topological polar surface area (TPSA) is 113 Å². The van der Waals surface area contributed by atoms with Gasteiger partial charge in [0.15, 0.2) is 5.69 Å². The Balaban J connectivity index is 1.81. The Morgan fingerprint density at radius 2 is 2.15 bits per heavy atom. The molecule has 0 aliphatic heterocycles. The minimum atomic E-state index is -0.344. The number of hydrogen-bond acceptors (Lipinski definition) is 4. The third kappa shape index (κ3) is 3.49. The monoisotopic (exact) mass is 279 g/mol. The zero-order valence-electron chi connectivity index (χ0n) is 11.8. The van der Waals surface area contributed by atoms with E-state index in [1.165, 1.54) is 0 Å². The number of nitrogens with zero attached hydrogens (tertiary/aromatic N) is 1. The number of nitrogens with two attached hydrogens (primary N) is 1. The van der Waals surface area contributed by atoms with Crippen LogP contribution < -0.4 is 16.4 Å². The van der Waals surface area contributed by atoms with Gasteiger partial charge in [0.25, 0.3) is 5.91 Å². The van der Waals surface area contributed by atoms with E-state index in [1.54, 1.807) is 0 Å². The smallest absolute Gasteiger partial charge is 0.273 e. The number of rotatable bonds is 6. The second kappa shape index (κ2) is 5.94. The second-order valence-electron chi connectivity index (χ2n) is 5.40. The predicted octanol–water partition coefficient (Wildman–Crippen LogP) is 0.514. The highest BCUT2D eigenvalue weighted by molar-refractivity contribution is 5.97. The van der Waals surface area contributed by atoms with Crippen molar-refractivity contribution in [3.05, 3.63) is 11.4 Å². The highest BCUT2D eigenvalue weighted by Crippen LogP contribution is 2.42. The summed E-state index contributed by atoms with van der Waals surface area (Å²) in [6.45, 7) is 4.04. The number of amides is 2. The van der Waals surface area contributed by atoms with Gasteiger partial charge in [-0.25, -0.2) is 0 Å². The van der Waals surface area contributed by atoms with E-state index in [0.29, 0.717) is 11.6 Å². The van der Waals surface area contributed by atoms with E-state index in [4.69, 9.17) is 5.73 Å². The van der Waals surface area contributed by atoms with Crippen LogP contribution in [-0.4, -0.2) is 34.6 Å². The average Bonchev–Trinajstić information content (AvgIpc) is 3.11. The van der Waals surface area contributed by atoms with Crippen LogP contribution in [0.3, 0.4) is 0 Å². The molecule has 0 bridgehead atoms. The van der Waals surface area contributed by atoms with Crippen molar-refractivity contribution < 1.29 is 9.59 Å². The lowest BCUT2D eigenvalue weighted by Crippen LogP contribution is -2.34. The first kappa shape index (κ1) is 14.4. The Hall–Kier alpha value is -2.05. The summed E-state index contributed by atoms with van der Waals surface area (Å²) < 4.78 is 0. The van der Waals surface area contributed by atoms with Crippen molar-refractivity contribution in [2.45, 2.75) is 45.1 Å². The third-order valence-electron chi connectivity index (χ3n) is 3.12. The molecule has 2 rings (SSSR count). The van der Waals surface area contributed by atoms with Crippen molar-refractivity contribution in [2.75, 3.05) is 12.3 Å². The molecule has 1 saturated carbocycles. The van der Waals surface area contributed by atoms with Crippen LogP contribution in [0.5, 0.6) is 0 Å². The standard InChI is InChI=1S/C13H21N5O2/c1-7(2)16-9(19)5-6-15-13(20)12-10(14)11(17-18-12)8-3-4-8/h7-8H,3-6,14H2,1-2H3,(H,15,20)(H,16,19)(H,17,18). The molecule has 110 valence electrons. The number of aromatic amines is 1. The molecule has 5 N–H and O–H groups in total. The van der Waals surface area contributed by atoms with Crippen molar-refractivity contribution >= 4 is 17.5 Å². The lowest BCUT2D eigenvalue weighted by molar-refractivity contribution is -0.121. The van der Waals surface area contributed by atoms with Crippen molar-refractivity contribution in [2.24, 2.45) is 0 Å². The van der Waals surface area contributed by atoms with Gasteiger partial charge in [-0.15, -0.1) is 0 Å².